The highest BCUT2D eigenvalue weighted by Gasteiger charge is 2.18. The van der Waals surface area contributed by atoms with Crippen LogP contribution in [0.25, 0.3) is 38.8 Å². The summed E-state index contributed by atoms with van der Waals surface area (Å²) >= 11 is 3.63. The van der Waals surface area contributed by atoms with Crippen molar-refractivity contribution in [1.82, 2.24) is 14.1 Å². The van der Waals surface area contributed by atoms with E-state index in [2.05, 4.69) is 15.5 Å². The maximum absolute atomic E-state index is 11.8. The molecule has 3 aromatic carbocycles. The zero-order valence-electron chi connectivity index (χ0n) is 18.2. The Morgan fingerprint density at radius 2 is 1.82 bits per heavy atom. The molecule has 0 aliphatic carbocycles. The quantitative estimate of drug-likeness (QED) is 0.360. The molecule has 0 bridgehead atoms. The summed E-state index contributed by atoms with van der Waals surface area (Å²) in [5.41, 5.74) is 6.54. The smallest absolute Gasteiger partial charge is 0.285 e. The maximum atomic E-state index is 11.8. The zero-order chi connectivity index (χ0) is 24.0. The lowest BCUT2D eigenvalue weighted by Crippen LogP contribution is -2.24. The number of imidazole rings is 1. The van der Waals surface area contributed by atoms with Crippen LogP contribution in [-0.2, 0) is 18.3 Å². The molecular formula is C25H18ClN5O2S. The lowest BCUT2D eigenvalue weighted by atomic mass is 10.0. The number of hydrogen-bond acceptors (Lipinski definition) is 3. The van der Waals surface area contributed by atoms with E-state index in [1.54, 1.807) is 29.9 Å². The largest absolute Gasteiger partial charge is 0.311 e. The van der Waals surface area contributed by atoms with E-state index < -0.39 is 11.3 Å². The summed E-state index contributed by atoms with van der Waals surface area (Å²) in [6.45, 7) is 1.92. The van der Waals surface area contributed by atoms with E-state index in [0.717, 1.165) is 38.6 Å². The molecule has 0 amide bonds. The second kappa shape index (κ2) is 8.54. The Morgan fingerprint density at radius 3 is 2.53 bits per heavy atom. The van der Waals surface area contributed by atoms with E-state index in [1.165, 1.54) is 0 Å². The standard InChI is InChI=1S/C25H18ClN5O2S/c1-15-3-4-16(13-27)11-22(15)31-24-20-12-18(17-5-8-19(26)9-6-17)7-10-21(20)28-14-23(24)30(2)25(31)29-34(32)33/h3-12,14H,1-2H3,(H,32,33). The van der Waals surface area contributed by atoms with Crippen molar-refractivity contribution in [1.29, 1.82) is 5.26 Å². The zero-order valence-corrected chi connectivity index (χ0v) is 19.8. The average Bonchev–Trinajstić information content (AvgIpc) is 3.11. The number of pyridine rings is 1. The van der Waals surface area contributed by atoms with Crippen LogP contribution in [0.2, 0.25) is 5.02 Å². The number of rotatable bonds is 3. The van der Waals surface area contributed by atoms with Crippen molar-refractivity contribution in [3.05, 3.63) is 88.6 Å². The first-order valence-corrected chi connectivity index (χ1v) is 11.7. The first kappa shape index (κ1) is 22.0. The summed E-state index contributed by atoms with van der Waals surface area (Å²) < 4.78 is 28.9. The van der Waals surface area contributed by atoms with E-state index >= 15 is 0 Å². The van der Waals surface area contributed by atoms with Crippen LogP contribution in [0, 0.1) is 18.3 Å². The van der Waals surface area contributed by atoms with Crippen molar-refractivity contribution in [3.8, 4) is 22.9 Å². The molecule has 34 heavy (non-hydrogen) atoms. The van der Waals surface area contributed by atoms with Crippen LogP contribution in [0.1, 0.15) is 11.1 Å². The minimum absolute atomic E-state index is 0.264. The van der Waals surface area contributed by atoms with Crippen molar-refractivity contribution in [2.45, 2.75) is 6.92 Å². The van der Waals surface area contributed by atoms with Crippen LogP contribution < -0.4 is 5.62 Å². The predicted molar refractivity (Wildman–Crippen MR) is 134 cm³/mol. The molecule has 2 aromatic heterocycles. The molecule has 0 spiro atoms. The fraction of sp³-hybridized carbons (Fsp3) is 0.0800. The molecule has 0 radical (unpaired) electrons. The van der Waals surface area contributed by atoms with Crippen molar-refractivity contribution >= 4 is 44.8 Å². The van der Waals surface area contributed by atoms with Crippen LogP contribution in [0.15, 0.2) is 71.3 Å². The normalized spacial score (nSPS) is 12.9. The van der Waals surface area contributed by atoms with Crippen LogP contribution in [0.4, 0.5) is 0 Å². The van der Waals surface area contributed by atoms with E-state index in [4.69, 9.17) is 11.6 Å². The molecule has 9 heteroatoms. The van der Waals surface area contributed by atoms with Crippen LogP contribution in [-0.4, -0.2) is 22.9 Å². The predicted octanol–water partition coefficient (Wildman–Crippen LogP) is 5.06. The second-order valence-electron chi connectivity index (χ2n) is 7.86. The van der Waals surface area contributed by atoms with Gasteiger partial charge in [0.15, 0.2) is 0 Å². The summed E-state index contributed by atoms with van der Waals surface area (Å²) in [5, 5.41) is 11.0. The number of aromatic nitrogens is 3. The van der Waals surface area contributed by atoms with Gasteiger partial charge in [-0.05, 0) is 60.0 Å². The van der Waals surface area contributed by atoms with Crippen molar-refractivity contribution in [2.75, 3.05) is 0 Å². The number of nitrogens with zero attached hydrogens (tertiary/aromatic N) is 5. The Kier molecular flexibility index (Phi) is 5.54. The third-order valence-electron chi connectivity index (χ3n) is 5.82. The van der Waals surface area contributed by atoms with Gasteiger partial charge in [0.2, 0.25) is 5.62 Å². The number of benzene rings is 3. The molecule has 5 rings (SSSR count). The van der Waals surface area contributed by atoms with E-state index in [9.17, 15) is 14.0 Å². The van der Waals surface area contributed by atoms with Gasteiger partial charge in [0, 0.05) is 17.5 Å². The molecular weight excluding hydrogens is 470 g/mol. The summed E-state index contributed by atoms with van der Waals surface area (Å²) in [4.78, 5) is 4.61. The van der Waals surface area contributed by atoms with E-state index in [1.807, 2.05) is 60.0 Å². The van der Waals surface area contributed by atoms with Gasteiger partial charge in [0.05, 0.1) is 40.1 Å². The topological polar surface area (TPSA) is 96.2 Å². The summed E-state index contributed by atoms with van der Waals surface area (Å²) in [6, 6.07) is 21.1. The summed E-state index contributed by atoms with van der Waals surface area (Å²) in [7, 11) is 1.77. The average molecular weight is 488 g/mol. The number of aryl methyl sites for hydroxylation is 2. The molecule has 1 unspecified atom stereocenters. The Labute approximate surface area is 202 Å². The number of nitriles is 1. The first-order valence-electron chi connectivity index (χ1n) is 10.3. The minimum atomic E-state index is -2.44. The third-order valence-corrected chi connectivity index (χ3v) is 6.39. The monoisotopic (exact) mass is 487 g/mol. The van der Waals surface area contributed by atoms with Gasteiger partial charge in [-0.15, -0.1) is 4.40 Å². The number of fused-ring (bicyclic) bond motifs is 3. The highest BCUT2D eigenvalue weighted by molar-refractivity contribution is 7.77. The Bertz CT molecular complexity index is 1730. The van der Waals surface area contributed by atoms with Gasteiger partial charge in [0.25, 0.3) is 11.3 Å². The van der Waals surface area contributed by atoms with Crippen LogP contribution >= 0.6 is 11.6 Å². The Morgan fingerprint density at radius 1 is 1.09 bits per heavy atom. The summed E-state index contributed by atoms with van der Waals surface area (Å²) in [6.07, 6.45) is 1.72. The van der Waals surface area contributed by atoms with Gasteiger partial charge < -0.3 is 4.57 Å². The first-order chi connectivity index (χ1) is 16.4. The molecule has 1 N–H and O–H groups in total. The maximum Gasteiger partial charge on any atom is 0.285 e. The molecule has 0 fully saturated rings. The number of halogens is 1. The lowest BCUT2D eigenvalue weighted by molar-refractivity contribution is 0.563. The Hall–Kier alpha value is -3.77. The fourth-order valence-corrected chi connectivity index (χ4v) is 4.62. The van der Waals surface area contributed by atoms with Crippen LogP contribution in [0.3, 0.4) is 0 Å². The van der Waals surface area contributed by atoms with Gasteiger partial charge >= 0.3 is 0 Å². The SMILES string of the molecule is Cc1ccc(C#N)cc1-n1c(=NS(=O)O)n(C)c2cnc3ccc(-c4ccc(Cl)cc4)cc3c21. The molecule has 7 nitrogen and oxygen atoms in total. The van der Waals surface area contributed by atoms with E-state index in [0.29, 0.717) is 16.3 Å². The number of hydrogen-bond donors (Lipinski definition) is 1. The van der Waals surface area contributed by atoms with Crippen molar-refractivity contribution < 1.29 is 8.76 Å². The third kappa shape index (κ3) is 3.70. The van der Waals surface area contributed by atoms with Crippen molar-refractivity contribution in [3.63, 3.8) is 0 Å². The fourth-order valence-electron chi connectivity index (χ4n) is 4.15. The van der Waals surface area contributed by atoms with Gasteiger partial charge in [-0.2, -0.15) is 5.26 Å². The van der Waals surface area contributed by atoms with Gasteiger partial charge in [-0.3, -0.25) is 14.1 Å². The molecule has 0 saturated heterocycles. The highest BCUT2D eigenvalue weighted by atomic mass is 35.5. The van der Waals surface area contributed by atoms with Gasteiger partial charge in [-0.1, -0.05) is 35.9 Å². The minimum Gasteiger partial charge on any atom is -0.311 e. The molecule has 0 aliphatic rings. The van der Waals surface area contributed by atoms with E-state index in [-0.39, 0.29) is 5.62 Å². The molecule has 5 aromatic rings. The van der Waals surface area contributed by atoms with Gasteiger partial charge in [-0.25, -0.2) is 4.21 Å². The Balaban J connectivity index is 1.96. The van der Waals surface area contributed by atoms with Crippen LogP contribution in [0.5, 0.6) is 0 Å². The second-order valence-corrected chi connectivity index (χ2v) is 8.94. The molecule has 0 aliphatic heterocycles. The van der Waals surface area contributed by atoms with Crippen molar-refractivity contribution in [2.24, 2.45) is 11.4 Å². The molecule has 2 heterocycles. The molecule has 0 saturated carbocycles. The van der Waals surface area contributed by atoms with Gasteiger partial charge in [0.1, 0.15) is 0 Å². The lowest BCUT2D eigenvalue weighted by Gasteiger charge is -2.11. The highest BCUT2D eigenvalue weighted by Crippen LogP contribution is 2.31. The summed E-state index contributed by atoms with van der Waals surface area (Å²) in [5.74, 6) is 0. The molecule has 1 atom stereocenters. The molecule has 168 valence electrons.